The van der Waals surface area contributed by atoms with Crippen LogP contribution in [0.5, 0.6) is 0 Å². The normalized spacial score (nSPS) is 15.5. The van der Waals surface area contributed by atoms with Crippen LogP contribution in [0.2, 0.25) is 0 Å². The van der Waals surface area contributed by atoms with Crippen LogP contribution in [-0.4, -0.2) is 56.9 Å². The molecule has 1 aliphatic rings. The number of thiocarbonyl (C=S) groups is 1. The van der Waals surface area contributed by atoms with Gasteiger partial charge in [-0.1, -0.05) is 18.2 Å². The van der Waals surface area contributed by atoms with E-state index in [1.807, 2.05) is 6.07 Å². The average molecular weight is 372 g/mol. The highest BCUT2D eigenvalue weighted by molar-refractivity contribution is 7.80. The highest BCUT2D eigenvalue weighted by Crippen LogP contribution is 2.20. The molecule has 5 nitrogen and oxygen atoms in total. The van der Waals surface area contributed by atoms with Crippen molar-refractivity contribution in [3.8, 4) is 5.69 Å². The minimum atomic E-state index is 0.384. The van der Waals surface area contributed by atoms with Crippen molar-refractivity contribution in [1.29, 1.82) is 0 Å². The van der Waals surface area contributed by atoms with E-state index in [4.69, 9.17) is 17.3 Å². The maximum atomic E-state index is 5.50. The first-order valence-electron chi connectivity index (χ1n) is 9.34. The monoisotopic (exact) mass is 371 g/mol. The van der Waals surface area contributed by atoms with Crippen LogP contribution in [-0.2, 0) is 6.54 Å². The van der Waals surface area contributed by atoms with Crippen LogP contribution in [0, 0.1) is 13.8 Å². The van der Waals surface area contributed by atoms with E-state index < -0.39 is 0 Å². The molecule has 0 spiro atoms. The van der Waals surface area contributed by atoms with Gasteiger partial charge in [-0.05, 0) is 52.0 Å². The number of piperazine rings is 1. The predicted molar refractivity (Wildman–Crippen MR) is 111 cm³/mol. The summed E-state index contributed by atoms with van der Waals surface area (Å²) in [7, 11) is 0. The van der Waals surface area contributed by atoms with E-state index in [1.54, 1.807) is 0 Å². The minimum Gasteiger partial charge on any atom is -0.360 e. The lowest BCUT2D eigenvalue weighted by Crippen LogP contribution is -2.52. The van der Waals surface area contributed by atoms with Crippen molar-refractivity contribution >= 4 is 17.3 Å². The number of para-hydroxylation sites is 1. The Balaban J connectivity index is 1.64. The van der Waals surface area contributed by atoms with Gasteiger partial charge in [0.15, 0.2) is 5.11 Å². The van der Waals surface area contributed by atoms with Crippen molar-refractivity contribution in [1.82, 2.24) is 24.9 Å². The van der Waals surface area contributed by atoms with Gasteiger partial charge in [0.25, 0.3) is 0 Å². The number of hydrogen-bond donors (Lipinski definition) is 1. The number of aryl methyl sites for hydroxylation is 1. The van der Waals surface area contributed by atoms with Crippen LogP contribution in [0.1, 0.15) is 30.8 Å². The third kappa shape index (κ3) is 4.24. The van der Waals surface area contributed by atoms with Gasteiger partial charge in [0, 0.05) is 50.0 Å². The molecule has 1 saturated heterocycles. The van der Waals surface area contributed by atoms with Gasteiger partial charge in [-0.2, -0.15) is 5.10 Å². The highest BCUT2D eigenvalue weighted by Gasteiger charge is 2.22. The summed E-state index contributed by atoms with van der Waals surface area (Å²) in [5, 5.41) is 8.99. The van der Waals surface area contributed by atoms with Crippen molar-refractivity contribution in [2.45, 2.75) is 40.3 Å². The Bertz CT molecular complexity index is 745. The summed E-state index contributed by atoms with van der Waals surface area (Å²) in [4.78, 5) is 4.78. The molecule has 0 radical (unpaired) electrons. The molecule has 0 amide bonds. The van der Waals surface area contributed by atoms with Crippen LogP contribution in [0.3, 0.4) is 0 Å². The average Bonchev–Trinajstić information content (AvgIpc) is 2.91. The van der Waals surface area contributed by atoms with Gasteiger partial charge < -0.3 is 10.2 Å². The van der Waals surface area contributed by atoms with E-state index in [0.29, 0.717) is 6.04 Å². The fraction of sp³-hybridized carbons (Fsp3) is 0.500. The van der Waals surface area contributed by atoms with Crippen LogP contribution < -0.4 is 5.32 Å². The summed E-state index contributed by atoms with van der Waals surface area (Å²) in [6, 6.07) is 10.7. The molecule has 0 unspecified atom stereocenters. The SMILES string of the molecule is Cc1nn(-c2ccccc2)c(C)c1CN1CCN(C(=S)NC(C)C)CC1. The van der Waals surface area contributed by atoms with Gasteiger partial charge in [0.1, 0.15) is 0 Å². The molecule has 1 N–H and O–H groups in total. The molecule has 26 heavy (non-hydrogen) atoms. The molecular formula is C20H29N5S. The maximum absolute atomic E-state index is 5.50. The molecule has 1 aromatic heterocycles. The Morgan fingerprint density at radius 1 is 1.12 bits per heavy atom. The molecule has 0 bridgehead atoms. The Labute approximate surface area is 162 Å². The van der Waals surface area contributed by atoms with E-state index in [2.05, 4.69) is 71.8 Å². The molecule has 1 aromatic carbocycles. The third-order valence-electron chi connectivity index (χ3n) is 4.90. The molecule has 2 aromatic rings. The van der Waals surface area contributed by atoms with Crippen molar-refractivity contribution < 1.29 is 0 Å². The molecule has 1 fully saturated rings. The quantitative estimate of drug-likeness (QED) is 0.837. The van der Waals surface area contributed by atoms with Gasteiger partial charge in [-0.15, -0.1) is 0 Å². The van der Waals surface area contributed by atoms with Crippen molar-refractivity contribution in [2.75, 3.05) is 26.2 Å². The van der Waals surface area contributed by atoms with Crippen molar-refractivity contribution in [3.05, 3.63) is 47.3 Å². The molecular weight excluding hydrogens is 342 g/mol. The Morgan fingerprint density at radius 3 is 2.38 bits per heavy atom. The first-order valence-corrected chi connectivity index (χ1v) is 9.75. The van der Waals surface area contributed by atoms with Crippen LogP contribution in [0.25, 0.3) is 5.69 Å². The summed E-state index contributed by atoms with van der Waals surface area (Å²) >= 11 is 5.50. The number of aromatic nitrogens is 2. The minimum absolute atomic E-state index is 0.384. The summed E-state index contributed by atoms with van der Waals surface area (Å²) in [5.41, 5.74) is 4.80. The maximum Gasteiger partial charge on any atom is 0.169 e. The lowest BCUT2D eigenvalue weighted by Gasteiger charge is -2.36. The van der Waals surface area contributed by atoms with Gasteiger partial charge >= 0.3 is 0 Å². The number of nitrogens with zero attached hydrogens (tertiary/aromatic N) is 4. The zero-order valence-electron chi connectivity index (χ0n) is 16.2. The predicted octanol–water partition coefficient (Wildman–Crippen LogP) is 2.89. The first-order chi connectivity index (χ1) is 12.5. The van der Waals surface area contributed by atoms with E-state index in [1.165, 1.54) is 11.3 Å². The van der Waals surface area contributed by atoms with Crippen LogP contribution in [0.15, 0.2) is 30.3 Å². The summed E-state index contributed by atoms with van der Waals surface area (Å²) in [6.45, 7) is 13.5. The molecule has 0 aliphatic carbocycles. The molecule has 6 heteroatoms. The van der Waals surface area contributed by atoms with Gasteiger partial charge in [0.2, 0.25) is 0 Å². The Kier molecular flexibility index (Phi) is 5.94. The zero-order chi connectivity index (χ0) is 18.7. The van der Waals surface area contributed by atoms with E-state index in [-0.39, 0.29) is 0 Å². The second kappa shape index (κ2) is 8.18. The van der Waals surface area contributed by atoms with Gasteiger partial charge in [-0.3, -0.25) is 4.90 Å². The molecule has 0 atom stereocenters. The fourth-order valence-electron chi connectivity index (χ4n) is 3.40. The van der Waals surface area contributed by atoms with Crippen molar-refractivity contribution in [2.24, 2.45) is 0 Å². The number of benzene rings is 1. The third-order valence-corrected chi connectivity index (χ3v) is 5.27. The second-order valence-electron chi connectivity index (χ2n) is 7.26. The van der Waals surface area contributed by atoms with Gasteiger partial charge in [0.05, 0.1) is 11.4 Å². The fourth-order valence-corrected chi connectivity index (χ4v) is 3.81. The number of nitrogens with one attached hydrogen (secondary N) is 1. The number of rotatable bonds is 4. The summed E-state index contributed by atoms with van der Waals surface area (Å²) in [5.74, 6) is 0. The topological polar surface area (TPSA) is 36.3 Å². The molecule has 0 saturated carbocycles. The van der Waals surface area contributed by atoms with Crippen LogP contribution in [0.4, 0.5) is 0 Å². The standard InChI is InChI=1S/C20H29N5S/c1-15(2)21-20(26)24-12-10-23(11-13-24)14-19-16(3)22-25(17(19)4)18-8-6-5-7-9-18/h5-9,15H,10-14H2,1-4H3,(H,21,26). The van der Waals surface area contributed by atoms with Gasteiger partial charge in [-0.25, -0.2) is 4.68 Å². The lowest BCUT2D eigenvalue weighted by atomic mass is 10.1. The van der Waals surface area contributed by atoms with E-state index in [0.717, 1.165) is 49.2 Å². The first kappa shape index (κ1) is 18.9. The largest absolute Gasteiger partial charge is 0.360 e. The molecule has 2 heterocycles. The highest BCUT2D eigenvalue weighted by atomic mass is 32.1. The Morgan fingerprint density at radius 2 is 1.77 bits per heavy atom. The number of hydrogen-bond acceptors (Lipinski definition) is 3. The van der Waals surface area contributed by atoms with E-state index in [9.17, 15) is 0 Å². The zero-order valence-corrected chi connectivity index (χ0v) is 17.0. The summed E-state index contributed by atoms with van der Waals surface area (Å²) < 4.78 is 2.06. The van der Waals surface area contributed by atoms with Crippen molar-refractivity contribution in [3.63, 3.8) is 0 Å². The Hall–Kier alpha value is -1.92. The second-order valence-corrected chi connectivity index (χ2v) is 7.65. The lowest BCUT2D eigenvalue weighted by molar-refractivity contribution is 0.173. The smallest absolute Gasteiger partial charge is 0.169 e. The summed E-state index contributed by atoms with van der Waals surface area (Å²) in [6.07, 6.45) is 0. The molecule has 140 valence electrons. The molecule has 1 aliphatic heterocycles. The van der Waals surface area contributed by atoms with Crippen LogP contribution >= 0.6 is 12.2 Å². The van der Waals surface area contributed by atoms with E-state index >= 15 is 0 Å². The molecule has 3 rings (SSSR count).